The summed E-state index contributed by atoms with van der Waals surface area (Å²) in [5.41, 5.74) is 0.793. The molecule has 1 aromatic rings. The van der Waals surface area contributed by atoms with Crippen molar-refractivity contribution in [2.75, 3.05) is 18.5 Å². The minimum atomic E-state index is 0.128. The molecule has 1 radical (unpaired) electrons. The van der Waals surface area contributed by atoms with Crippen molar-refractivity contribution in [1.29, 1.82) is 1.34 Å². The zero-order valence-electron chi connectivity index (χ0n) is 12.1. The van der Waals surface area contributed by atoms with E-state index >= 15 is 0 Å². The van der Waals surface area contributed by atoms with Gasteiger partial charge in [-0.15, -0.1) is 0 Å². The van der Waals surface area contributed by atoms with E-state index in [9.17, 15) is 0 Å². The van der Waals surface area contributed by atoms with Crippen LogP contribution in [0.25, 0.3) is 0 Å². The maximum atomic E-state index is 8.72. The minimum Gasteiger partial charge on any atom is -0.396 e. The van der Waals surface area contributed by atoms with E-state index in [1.807, 2.05) is 6.92 Å². The number of aliphatic imine (C=N–C) groups is 1. The molecule has 8 heteroatoms. The molecule has 0 atom stereocenters. The Hall–Kier alpha value is -1.12. The average molecular weight is 283 g/mol. The highest BCUT2D eigenvalue weighted by Crippen LogP contribution is 2.15. The minimum absolute atomic E-state index is 0.128. The molecule has 0 spiro atoms. The van der Waals surface area contributed by atoms with Crippen molar-refractivity contribution < 1.29 is 9.29 Å². The largest absolute Gasteiger partial charge is 0.396 e. The molecular formula is C11H18BN4O2S. The highest BCUT2D eigenvalue weighted by molar-refractivity contribution is 8.15. The molecule has 0 saturated carbocycles. The lowest BCUT2D eigenvalue weighted by molar-refractivity contribution is 0.291. The number of nitrogens with one attached hydrogen (secondary N) is 1. The van der Waals surface area contributed by atoms with Crippen molar-refractivity contribution in [2.45, 2.75) is 26.9 Å². The van der Waals surface area contributed by atoms with Crippen LogP contribution < -0.4 is 5.32 Å². The van der Waals surface area contributed by atoms with Gasteiger partial charge in [-0.1, -0.05) is 11.9 Å². The molecule has 0 amide bonds. The number of aryl methyl sites for hydroxylation is 1. The summed E-state index contributed by atoms with van der Waals surface area (Å²) < 4.78 is 12.1. The number of amidine groups is 1. The molecule has 0 aromatic carbocycles. The van der Waals surface area contributed by atoms with Crippen LogP contribution in [-0.2, 0) is 10.8 Å². The first kappa shape index (κ1) is 14.3. The lowest BCUT2D eigenvalue weighted by atomic mass is 10.3. The molecule has 19 heavy (non-hydrogen) atoms. The highest BCUT2D eigenvalue weighted by Gasteiger charge is 2.06. The van der Waals surface area contributed by atoms with Gasteiger partial charge in [-0.25, -0.2) is 9.97 Å². The van der Waals surface area contributed by atoms with E-state index in [4.69, 9.17) is 10.6 Å². The van der Waals surface area contributed by atoms with Crippen molar-refractivity contribution in [1.82, 2.24) is 9.97 Å². The number of aromatic nitrogens is 2. The Morgan fingerprint density at radius 2 is 2.58 bits per heavy atom. The van der Waals surface area contributed by atoms with Gasteiger partial charge in [-0.2, -0.15) is 0 Å². The predicted molar refractivity (Wildman–Crippen MR) is 79.6 cm³/mol. The van der Waals surface area contributed by atoms with Crippen LogP contribution in [0.1, 0.15) is 24.7 Å². The quantitative estimate of drug-likeness (QED) is 0.243. The van der Waals surface area contributed by atoms with Gasteiger partial charge in [-0.3, -0.25) is 4.99 Å². The lowest BCUT2D eigenvalue weighted by Gasteiger charge is -2.10. The van der Waals surface area contributed by atoms with Gasteiger partial charge in [0.05, 0.1) is 12.4 Å². The molecule has 0 aliphatic rings. The SMILES string of the molecule is [3H][B]SOCc1cnc(C)nc1NC(C)=NCCCO. The molecular weight excluding hydrogens is 263 g/mol. The van der Waals surface area contributed by atoms with Gasteiger partial charge in [0.15, 0.2) is 0 Å². The molecule has 1 heterocycles. The van der Waals surface area contributed by atoms with Crippen molar-refractivity contribution in [3.8, 4) is 0 Å². The standard InChI is InChI=1S/C11H18BN4O2S/c1-8(13-4-3-5-17)15-11-10(7-18-19-12)6-14-9(2)16-11/h6,12,17H,3-5,7H2,1-2H3,(H,13,14,15,16)/i12T. The van der Waals surface area contributed by atoms with Gasteiger partial charge in [0.1, 0.15) is 11.6 Å². The van der Waals surface area contributed by atoms with E-state index in [1.54, 1.807) is 13.1 Å². The normalized spacial score (nSPS) is 12.2. The summed E-state index contributed by atoms with van der Waals surface area (Å²) in [5, 5.41) is 11.8. The topological polar surface area (TPSA) is 79.6 Å². The predicted octanol–water partition coefficient (Wildman–Crippen LogP) is 0.978. The number of hydrogen-bond donors (Lipinski definition) is 2. The zero-order chi connectivity index (χ0) is 14.8. The molecule has 0 fully saturated rings. The summed E-state index contributed by atoms with van der Waals surface area (Å²) in [6.45, 7) is 4.64. The molecule has 1 rings (SSSR count). The van der Waals surface area contributed by atoms with Gasteiger partial charge in [0.25, 0.3) is 0 Å². The Kier molecular flexibility index (Phi) is 6.69. The Balaban J connectivity index is 2.70. The summed E-state index contributed by atoms with van der Waals surface area (Å²) in [4.78, 5) is 12.7. The Morgan fingerprint density at radius 3 is 3.32 bits per heavy atom. The first-order valence-electron chi connectivity index (χ1n) is 6.45. The molecule has 2 N–H and O–H groups in total. The van der Waals surface area contributed by atoms with Crippen LogP contribution in [-0.4, -0.2) is 42.5 Å². The monoisotopic (exact) mass is 283 g/mol. The Labute approximate surface area is 120 Å². The third-order valence-electron chi connectivity index (χ3n) is 2.23. The van der Waals surface area contributed by atoms with Crippen molar-refractivity contribution in [3.63, 3.8) is 0 Å². The van der Waals surface area contributed by atoms with Gasteiger partial charge in [-0.05, 0) is 21.6 Å². The lowest BCUT2D eigenvalue weighted by Crippen LogP contribution is -2.13. The van der Waals surface area contributed by atoms with Crippen LogP contribution in [0, 0.1) is 6.92 Å². The molecule has 103 valence electrons. The first-order valence-corrected chi connectivity index (χ1v) is 6.67. The highest BCUT2D eigenvalue weighted by atomic mass is 32.2. The second-order valence-corrected chi connectivity index (χ2v) is 4.25. The van der Waals surface area contributed by atoms with Crippen LogP contribution in [0.5, 0.6) is 0 Å². The van der Waals surface area contributed by atoms with Crippen molar-refractivity contribution >= 4 is 30.6 Å². The Morgan fingerprint density at radius 1 is 1.74 bits per heavy atom. The maximum absolute atomic E-state index is 8.72. The summed E-state index contributed by atoms with van der Waals surface area (Å²) in [5.74, 6) is 2.02. The first-order chi connectivity index (χ1) is 9.67. The van der Waals surface area contributed by atoms with Gasteiger partial charge < -0.3 is 14.6 Å². The van der Waals surface area contributed by atoms with Crippen molar-refractivity contribution in [2.24, 2.45) is 4.99 Å². The van der Waals surface area contributed by atoms with E-state index < -0.39 is 0 Å². The van der Waals surface area contributed by atoms with Crippen LogP contribution >= 0.6 is 11.9 Å². The van der Waals surface area contributed by atoms with E-state index in [1.165, 1.54) is 0 Å². The van der Waals surface area contributed by atoms with Crippen molar-refractivity contribution in [3.05, 3.63) is 17.6 Å². The van der Waals surface area contributed by atoms with Gasteiger partial charge in [0.2, 0.25) is 7.09 Å². The second-order valence-electron chi connectivity index (χ2n) is 3.82. The smallest absolute Gasteiger partial charge is 0.209 e. The number of aliphatic hydroxyl groups is 1. The molecule has 0 saturated heterocycles. The number of rotatable bonds is 8. The zero-order valence-corrected chi connectivity index (χ0v) is 11.9. The molecule has 0 unspecified atom stereocenters. The van der Waals surface area contributed by atoms with Crippen LogP contribution in [0.4, 0.5) is 5.82 Å². The maximum Gasteiger partial charge on any atom is 0.209 e. The molecule has 0 aliphatic carbocycles. The average Bonchev–Trinajstić information content (AvgIpc) is 2.42. The summed E-state index contributed by atoms with van der Waals surface area (Å²) in [7, 11) is 1.11. The summed E-state index contributed by atoms with van der Waals surface area (Å²) >= 11 is 0.952. The number of hydrogen-bond acceptors (Lipinski definition) is 6. The van der Waals surface area contributed by atoms with Crippen LogP contribution in [0.15, 0.2) is 11.2 Å². The Bertz CT molecular complexity index is 450. The van der Waals surface area contributed by atoms with E-state index in [-0.39, 0.29) is 6.61 Å². The summed E-state index contributed by atoms with van der Waals surface area (Å²) in [6, 6.07) is 0. The fraction of sp³-hybridized carbons (Fsp3) is 0.545. The number of nitrogens with zero attached hydrogens (tertiary/aromatic N) is 3. The van der Waals surface area contributed by atoms with Gasteiger partial charge >= 0.3 is 0 Å². The molecule has 0 bridgehead atoms. The second kappa shape index (κ2) is 8.90. The fourth-order valence-electron chi connectivity index (χ4n) is 1.33. The third-order valence-corrected chi connectivity index (χ3v) is 2.49. The van der Waals surface area contributed by atoms with E-state index in [0.29, 0.717) is 31.2 Å². The van der Waals surface area contributed by atoms with E-state index in [2.05, 4.69) is 20.3 Å². The number of anilines is 1. The van der Waals surface area contributed by atoms with E-state index in [0.717, 1.165) is 30.4 Å². The molecule has 0 aliphatic heterocycles. The van der Waals surface area contributed by atoms with Crippen LogP contribution in [0.3, 0.4) is 0 Å². The summed E-state index contributed by atoms with van der Waals surface area (Å²) in [6.07, 6.45) is 2.32. The molecule has 1 aromatic heterocycles. The van der Waals surface area contributed by atoms with Gasteiger partial charge in [0, 0.05) is 24.9 Å². The third kappa shape index (κ3) is 6.04. The molecule has 6 nitrogen and oxygen atoms in total. The van der Waals surface area contributed by atoms with Crippen LogP contribution in [0.2, 0.25) is 0 Å². The fourth-order valence-corrected chi connectivity index (χ4v) is 1.53. The number of aliphatic hydroxyl groups excluding tert-OH is 1.